The Bertz CT molecular complexity index is 584. The van der Waals surface area contributed by atoms with E-state index in [1.165, 1.54) is 0 Å². The van der Waals surface area contributed by atoms with E-state index in [9.17, 15) is 4.79 Å². The Morgan fingerprint density at radius 3 is 2.85 bits per heavy atom. The average Bonchev–Trinajstić information content (AvgIpc) is 2.93. The monoisotopic (exact) mass is 274 g/mol. The summed E-state index contributed by atoms with van der Waals surface area (Å²) < 4.78 is 17.3. The number of benzene rings is 1. The molecule has 1 saturated carbocycles. The van der Waals surface area contributed by atoms with Crippen molar-refractivity contribution in [3.63, 3.8) is 0 Å². The summed E-state index contributed by atoms with van der Waals surface area (Å²) in [5, 5.41) is 0. The largest absolute Gasteiger partial charge is 0.490 e. The van der Waals surface area contributed by atoms with Gasteiger partial charge in [0.15, 0.2) is 6.61 Å². The predicted octanol–water partition coefficient (Wildman–Crippen LogP) is 2.60. The molecule has 1 aromatic rings. The Hall–Kier alpha value is -1.55. The molecule has 20 heavy (non-hydrogen) atoms. The molecule has 4 aliphatic rings. The summed E-state index contributed by atoms with van der Waals surface area (Å²) in [6.07, 6.45) is 2.17. The Morgan fingerprint density at radius 1 is 1.35 bits per heavy atom. The van der Waals surface area contributed by atoms with Gasteiger partial charge in [-0.1, -0.05) is 0 Å². The van der Waals surface area contributed by atoms with Crippen molar-refractivity contribution in [1.29, 1.82) is 0 Å². The maximum atomic E-state index is 11.5. The number of ether oxygens (including phenoxy) is 3. The van der Waals surface area contributed by atoms with E-state index in [1.54, 1.807) is 12.1 Å². The minimum Gasteiger partial charge on any atom is -0.490 e. The van der Waals surface area contributed by atoms with Crippen LogP contribution in [0.4, 0.5) is 0 Å². The van der Waals surface area contributed by atoms with Gasteiger partial charge in [-0.15, -0.1) is 0 Å². The summed E-state index contributed by atoms with van der Waals surface area (Å²) in [4.78, 5) is 11.5. The zero-order valence-electron chi connectivity index (χ0n) is 11.8. The molecule has 0 unspecified atom stereocenters. The second-order valence-corrected chi connectivity index (χ2v) is 6.65. The minimum absolute atomic E-state index is 0.0170. The van der Waals surface area contributed by atoms with Crippen LogP contribution in [-0.4, -0.2) is 30.2 Å². The van der Waals surface area contributed by atoms with Crippen LogP contribution in [0.25, 0.3) is 0 Å². The number of ketones is 1. The highest BCUT2D eigenvalue weighted by Crippen LogP contribution is 2.57. The van der Waals surface area contributed by atoms with Crippen LogP contribution in [0.1, 0.15) is 37.0 Å². The summed E-state index contributed by atoms with van der Waals surface area (Å²) >= 11 is 0. The number of carbonyl (C=O) groups is 1. The molecule has 3 heterocycles. The van der Waals surface area contributed by atoms with E-state index in [2.05, 4.69) is 13.8 Å². The van der Waals surface area contributed by atoms with Crippen LogP contribution in [0.3, 0.4) is 0 Å². The standard InChI is InChI=1S/C16H18O4/c1-15(2)10-6-16(7-10,20-15)9-19-11-3-4-12-13(17)8-18-14(12)5-11/h3-5,10H,6-9H2,1-2H3. The smallest absolute Gasteiger partial charge is 0.203 e. The quantitative estimate of drug-likeness (QED) is 0.850. The molecule has 4 heteroatoms. The first kappa shape index (κ1) is 12.2. The third kappa shape index (κ3) is 1.67. The lowest BCUT2D eigenvalue weighted by Crippen LogP contribution is -2.42. The van der Waals surface area contributed by atoms with Crippen LogP contribution >= 0.6 is 0 Å². The van der Waals surface area contributed by atoms with Gasteiger partial charge in [-0.25, -0.2) is 0 Å². The van der Waals surface area contributed by atoms with E-state index in [0.717, 1.165) is 18.6 Å². The molecule has 3 fully saturated rings. The van der Waals surface area contributed by atoms with Crippen LogP contribution in [0.15, 0.2) is 18.2 Å². The lowest BCUT2D eigenvalue weighted by atomic mass is 9.70. The van der Waals surface area contributed by atoms with Crippen molar-refractivity contribution < 1.29 is 19.0 Å². The Labute approximate surface area is 118 Å². The van der Waals surface area contributed by atoms with Gasteiger partial charge in [0.1, 0.15) is 23.7 Å². The zero-order chi connectivity index (χ0) is 14.0. The maximum Gasteiger partial charge on any atom is 0.203 e. The number of hydrogen-bond acceptors (Lipinski definition) is 4. The van der Waals surface area contributed by atoms with Crippen molar-refractivity contribution in [2.24, 2.45) is 5.92 Å². The summed E-state index contributed by atoms with van der Waals surface area (Å²) in [6.45, 7) is 5.02. The van der Waals surface area contributed by atoms with Gasteiger partial charge < -0.3 is 14.2 Å². The highest BCUT2D eigenvalue weighted by atomic mass is 16.6. The van der Waals surface area contributed by atoms with Gasteiger partial charge >= 0.3 is 0 Å². The Morgan fingerprint density at radius 2 is 2.15 bits per heavy atom. The van der Waals surface area contributed by atoms with Crippen LogP contribution in [0.2, 0.25) is 0 Å². The Balaban J connectivity index is 1.45. The molecule has 1 aliphatic carbocycles. The first-order valence-electron chi connectivity index (χ1n) is 7.11. The number of fused-ring (bicyclic) bond motifs is 2. The lowest BCUT2D eigenvalue weighted by Gasteiger charge is -2.35. The van der Waals surface area contributed by atoms with Gasteiger partial charge in [0.05, 0.1) is 11.2 Å². The fourth-order valence-electron chi connectivity index (χ4n) is 3.58. The molecule has 0 atom stereocenters. The summed E-state index contributed by atoms with van der Waals surface area (Å²) in [7, 11) is 0. The predicted molar refractivity (Wildman–Crippen MR) is 72.4 cm³/mol. The van der Waals surface area contributed by atoms with E-state index in [-0.39, 0.29) is 23.6 Å². The first-order chi connectivity index (χ1) is 9.47. The van der Waals surface area contributed by atoms with Crippen molar-refractivity contribution >= 4 is 5.78 Å². The van der Waals surface area contributed by atoms with Gasteiger partial charge in [-0.3, -0.25) is 4.79 Å². The van der Waals surface area contributed by atoms with Gasteiger partial charge in [-0.2, -0.15) is 0 Å². The van der Waals surface area contributed by atoms with Crippen LogP contribution in [-0.2, 0) is 4.74 Å². The van der Waals surface area contributed by atoms with Crippen molar-refractivity contribution in [2.45, 2.75) is 37.9 Å². The lowest BCUT2D eigenvalue weighted by molar-refractivity contribution is -0.0792. The molecule has 5 rings (SSSR count). The fraction of sp³-hybridized carbons (Fsp3) is 0.562. The summed E-state index contributed by atoms with van der Waals surface area (Å²) in [6, 6.07) is 5.41. The van der Waals surface area contributed by atoms with E-state index in [1.807, 2.05) is 6.07 Å². The molecule has 1 aromatic carbocycles. The van der Waals surface area contributed by atoms with Crippen LogP contribution in [0.5, 0.6) is 11.5 Å². The normalized spacial score (nSPS) is 32.5. The van der Waals surface area contributed by atoms with E-state index in [4.69, 9.17) is 14.2 Å². The van der Waals surface area contributed by atoms with Crippen LogP contribution in [0, 0.1) is 5.92 Å². The number of hydrogen-bond donors (Lipinski definition) is 0. The summed E-state index contributed by atoms with van der Waals surface area (Å²) in [5.41, 5.74) is 0.526. The van der Waals surface area contributed by atoms with Crippen LogP contribution < -0.4 is 9.47 Å². The SMILES string of the molecule is CC1(C)OC2(COc3ccc4c(c3)OCC4=O)CC1C2. The number of Topliss-reactive ketones (excluding diaryl/α,β-unsaturated/α-hetero) is 1. The molecule has 106 valence electrons. The third-order valence-corrected chi connectivity index (χ3v) is 4.81. The first-order valence-corrected chi connectivity index (χ1v) is 7.11. The highest BCUT2D eigenvalue weighted by molar-refractivity contribution is 6.02. The molecular weight excluding hydrogens is 256 g/mol. The van der Waals surface area contributed by atoms with Gasteiger partial charge in [0.25, 0.3) is 0 Å². The fourth-order valence-corrected chi connectivity index (χ4v) is 3.58. The molecule has 3 aliphatic heterocycles. The third-order valence-electron chi connectivity index (χ3n) is 4.81. The van der Waals surface area contributed by atoms with Gasteiger partial charge in [-0.05, 0) is 44.7 Å². The van der Waals surface area contributed by atoms with Gasteiger partial charge in [0.2, 0.25) is 5.78 Å². The molecule has 0 spiro atoms. The second-order valence-electron chi connectivity index (χ2n) is 6.65. The maximum absolute atomic E-state index is 11.5. The Kier molecular flexibility index (Phi) is 2.29. The molecule has 0 radical (unpaired) electrons. The van der Waals surface area contributed by atoms with E-state index >= 15 is 0 Å². The molecule has 2 bridgehead atoms. The van der Waals surface area contributed by atoms with Crippen molar-refractivity contribution in [1.82, 2.24) is 0 Å². The van der Waals surface area contributed by atoms with Crippen molar-refractivity contribution in [3.05, 3.63) is 23.8 Å². The number of rotatable bonds is 3. The molecule has 0 amide bonds. The molecule has 4 nitrogen and oxygen atoms in total. The van der Waals surface area contributed by atoms with E-state index in [0.29, 0.717) is 23.8 Å². The molecule has 0 aromatic heterocycles. The summed E-state index contributed by atoms with van der Waals surface area (Å²) in [5.74, 6) is 2.06. The molecular formula is C16H18O4. The number of carbonyl (C=O) groups excluding carboxylic acids is 1. The molecule has 0 N–H and O–H groups in total. The molecule has 2 saturated heterocycles. The minimum atomic E-state index is -0.107. The topological polar surface area (TPSA) is 44.8 Å². The van der Waals surface area contributed by atoms with Crippen molar-refractivity contribution in [3.8, 4) is 11.5 Å². The zero-order valence-corrected chi connectivity index (χ0v) is 11.8. The average molecular weight is 274 g/mol. The van der Waals surface area contributed by atoms with E-state index < -0.39 is 0 Å². The second kappa shape index (κ2) is 3.76. The van der Waals surface area contributed by atoms with Gasteiger partial charge in [0, 0.05) is 6.07 Å². The highest BCUT2D eigenvalue weighted by Gasteiger charge is 2.61. The van der Waals surface area contributed by atoms with Crippen molar-refractivity contribution in [2.75, 3.05) is 13.2 Å².